The molecule has 1 fully saturated rings. The van der Waals surface area contributed by atoms with Crippen LogP contribution in [-0.2, 0) is 11.2 Å². The molecular formula is C18H22N2O. The van der Waals surface area contributed by atoms with E-state index in [0.717, 1.165) is 35.9 Å². The number of pyridine rings is 1. The van der Waals surface area contributed by atoms with Crippen molar-refractivity contribution in [1.29, 1.82) is 0 Å². The maximum absolute atomic E-state index is 11.7. The highest BCUT2D eigenvalue weighted by atomic mass is 16.2. The van der Waals surface area contributed by atoms with Crippen molar-refractivity contribution in [1.82, 2.24) is 10.3 Å². The molecule has 21 heavy (non-hydrogen) atoms. The first-order valence-corrected chi connectivity index (χ1v) is 7.72. The first kappa shape index (κ1) is 14.1. The topological polar surface area (TPSA) is 42.0 Å². The third-order valence-electron chi connectivity index (χ3n) is 4.21. The summed E-state index contributed by atoms with van der Waals surface area (Å²) < 4.78 is 0. The van der Waals surface area contributed by atoms with Crippen LogP contribution in [0.4, 0.5) is 0 Å². The highest BCUT2D eigenvalue weighted by Gasteiger charge is 2.38. The molecule has 1 aromatic heterocycles. The van der Waals surface area contributed by atoms with Gasteiger partial charge in [0.1, 0.15) is 0 Å². The molecule has 2 aromatic rings. The SMILES string of the molecule is CC(C)CC1(Cc2ccc3ccccc3n2)CCC(=O)N1. The van der Waals surface area contributed by atoms with Crippen LogP contribution in [0.2, 0.25) is 0 Å². The zero-order valence-electron chi connectivity index (χ0n) is 12.7. The second kappa shape index (κ2) is 5.47. The van der Waals surface area contributed by atoms with Crippen LogP contribution < -0.4 is 5.32 Å². The summed E-state index contributed by atoms with van der Waals surface area (Å²) in [4.78, 5) is 16.5. The van der Waals surface area contributed by atoms with E-state index in [0.29, 0.717) is 12.3 Å². The van der Waals surface area contributed by atoms with Crippen molar-refractivity contribution in [2.75, 3.05) is 0 Å². The smallest absolute Gasteiger partial charge is 0.220 e. The number of carbonyl (C=O) groups is 1. The number of nitrogens with one attached hydrogen (secondary N) is 1. The number of benzene rings is 1. The number of rotatable bonds is 4. The van der Waals surface area contributed by atoms with Gasteiger partial charge in [-0.15, -0.1) is 0 Å². The van der Waals surface area contributed by atoms with Crippen LogP contribution in [0.5, 0.6) is 0 Å². The molecule has 0 aliphatic carbocycles. The monoisotopic (exact) mass is 282 g/mol. The molecule has 110 valence electrons. The summed E-state index contributed by atoms with van der Waals surface area (Å²) in [6.45, 7) is 4.42. The zero-order chi connectivity index (χ0) is 14.9. The van der Waals surface area contributed by atoms with E-state index in [-0.39, 0.29) is 11.4 Å². The molecule has 1 atom stereocenters. The van der Waals surface area contributed by atoms with E-state index in [9.17, 15) is 4.79 Å². The Morgan fingerprint density at radius 2 is 2.05 bits per heavy atom. The Hall–Kier alpha value is -1.90. The summed E-state index contributed by atoms with van der Waals surface area (Å²) in [5.41, 5.74) is 1.98. The van der Waals surface area contributed by atoms with Gasteiger partial charge in [0.15, 0.2) is 0 Å². The molecule has 3 nitrogen and oxygen atoms in total. The Balaban J connectivity index is 1.88. The number of aromatic nitrogens is 1. The predicted octanol–water partition coefficient (Wildman–Crippen LogP) is 3.47. The van der Waals surface area contributed by atoms with Crippen LogP contribution in [0.3, 0.4) is 0 Å². The first-order valence-electron chi connectivity index (χ1n) is 7.72. The van der Waals surface area contributed by atoms with E-state index in [1.54, 1.807) is 0 Å². The van der Waals surface area contributed by atoms with E-state index in [1.165, 1.54) is 0 Å². The maximum Gasteiger partial charge on any atom is 0.220 e. The fourth-order valence-electron chi connectivity index (χ4n) is 3.47. The second-order valence-corrected chi connectivity index (χ2v) is 6.60. The van der Waals surface area contributed by atoms with E-state index < -0.39 is 0 Å². The fraction of sp³-hybridized carbons (Fsp3) is 0.444. The molecule has 1 aliphatic heterocycles. The number of carbonyl (C=O) groups excluding carboxylic acids is 1. The molecule has 3 heteroatoms. The number of hydrogen-bond donors (Lipinski definition) is 1. The average Bonchev–Trinajstić information content (AvgIpc) is 2.78. The predicted molar refractivity (Wildman–Crippen MR) is 85.0 cm³/mol. The Labute approximate surface area is 125 Å². The van der Waals surface area contributed by atoms with Crippen LogP contribution in [0.25, 0.3) is 10.9 Å². The molecule has 1 unspecified atom stereocenters. The van der Waals surface area contributed by atoms with Gasteiger partial charge >= 0.3 is 0 Å². The van der Waals surface area contributed by atoms with Crippen LogP contribution in [0.15, 0.2) is 36.4 Å². The second-order valence-electron chi connectivity index (χ2n) is 6.60. The molecule has 1 aliphatic rings. The van der Waals surface area contributed by atoms with Crippen molar-refractivity contribution in [2.45, 2.75) is 45.1 Å². The normalized spacial score (nSPS) is 22.0. The Kier molecular flexibility index (Phi) is 3.66. The highest BCUT2D eigenvalue weighted by molar-refractivity contribution is 5.80. The van der Waals surface area contributed by atoms with E-state index in [2.05, 4.69) is 37.4 Å². The Morgan fingerprint density at radius 3 is 2.76 bits per heavy atom. The minimum Gasteiger partial charge on any atom is -0.350 e. The van der Waals surface area contributed by atoms with Gasteiger partial charge in [0.05, 0.1) is 5.52 Å². The van der Waals surface area contributed by atoms with Crippen molar-refractivity contribution < 1.29 is 4.79 Å². The minimum atomic E-state index is -0.110. The number of hydrogen-bond acceptors (Lipinski definition) is 2. The van der Waals surface area contributed by atoms with Gasteiger partial charge in [0.25, 0.3) is 0 Å². The van der Waals surface area contributed by atoms with Crippen molar-refractivity contribution in [3.05, 3.63) is 42.1 Å². The maximum atomic E-state index is 11.7. The van der Waals surface area contributed by atoms with Crippen LogP contribution in [0.1, 0.15) is 38.8 Å². The summed E-state index contributed by atoms with van der Waals surface area (Å²) in [7, 11) is 0. The highest BCUT2D eigenvalue weighted by Crippen LogP contribution is 2.31. The summed E-state index contributed by atoms with van der Waals surface area (Å²) in [5.74, 6) is 0.736. The molecule has 0 spiro atoms. The molecule has 0 radical (unpaired) electrons. The number of para-hydroxylation sites is 1. The summed E-state index contributed by atoms with van der Waals surface area (Å²) in [5, 5.41) is 4.38. The minimum absolute atomic E-state index is 0.110. The Bertz CT molecular complexity index is 665. The fourth-order valence-corrected chi connectivity index (χ4v) is 3.47. The largest absolute Gasteiger partial charge is 0.350 e. The van der Waals surface area contributed by atoms with Gasteiger partial charge in [-0.2, -0.15) is 0 Å². The van der Waals surface area contributed by atoms with E-state index in [1.807, 2.05) is 18.2 Å². The lowest BCUT2D eigenvalue weighted by atomic mass is 9.83. The third kappa shape index (κ3) is 3.07. The number of nitrogens with zero attached hydrogens (tertiary/aromatic N) is 1. The molecule has 1 aromatic carbocycles. The lowest BCUT2D eigenvalue weighted by Crippen LogP contribution is -2.44. The number of amides is 1. The van der Waals surface area contributed by atoms with Crippen molar-refractivity contribution >= 4 is 16.8 Å². The van der Waals surface area contributed by atoms with Gasteiger partial charge in [0, 0.05) is 29.5 Å². The van der Waals surface area contributed by atoms with Crippen molar-refractivity contribution in [2.24, 2.45) is 5.92 Å². The molecule has 2 heterocycles. The van der Waals surface area contributed by atoms with E-state index in [4.69, 9.17) is 4.98 Å². The molecule has 1 amide bonds. The van der Waals surface area contributed by atoms with Gasteiger partial charge in [-0.3, -0.25) is 9.78 Å². The van der Waals surface area contributed by atoms with Gasteiger partial charge < -0.3 is 5.32 Å². The zero-order valence-corrected chi connectivity index (χ0v) is 12.7. The molecular weight excluding hydrogens is 260 g/mol. The van der Waals surface area contributed by atoms with Crippen LogP contribution >= 0.6 is 0 Å². The standard InChI is InChI=1S/C18H22N2O/c1-13(2)11-18(10-9-17(21)20-18)12-15-8-7-14-5-3-4-6-16(14)19-15/h3-8,13H,9-12H2,1-2H3,(H,20,21). The average molecular weight is 282 g/mol. The number of fused-ring (bicyclic) bond motifs is 1. The first-order chi connectivity index (χ1) is 10.1. The summed E-state index contributed by atoms with van der Waals surface area (Å²) >= 11 is 0. The summed E-state index contributed by atoms with van der Waals surface area (Å²) in [6, 6.07) is 12.4. The van der Waals surface area contributed by atoms with Gasteiger partial charge in [-0.1, -0.05) is 38.1 Å². The van der Waals surface area contributed by atoms with Crippen molar-refractivity contribution in [3.63, 3.8) is 0 Å². The van der Waals surface area contributed by atoms with Gasteiger partial charge in [-0.05, 0) is 30.9 Å². The van der Waals surface area contributed by atoms with Gasteiger partial charge in [0.2, 0.25) is 5.91 Å². The summed E-state index contributed by atoms with van der Waals surface area (Å²) in [6.07, 6.45) is 3.38. The third-order valence-corrected chi connectivity index (χ3v) is 4.21. The van der Waals surface area contributed by atoms with Crippen LogP contribution in [0, 0.1) is 5.92 Å². The van der Waals surface area contributed by atoms with Gasteiger partial charge in [-0.25, -0.2) is 0 Å². The Morgan fingerprint density at radius 1 is 1.24 bits per heavy atom. The molecule has 1 N–H and O–H groups in total. The molecule has 0 bridgehead atoms. The quantitative estimate of drug-likeness (QED) is 0.933. The lowest BCUT2D eigenvalue weighted by molar-refractivity contribution is -0.119. The molecule has 1 saturated heterocycles. The van der Waals surface area contributed by atoms with Crippen molar-refractivity contribution in [3.8, 4) is 0 Å². The molecule has 3 rings (SSSR count). The van der Waals surface area contributed by atoms with Crippen LogP contribution in [-0.4, -0.2) is 16.4 Å². The van der Waals surface area contributed by atoms with E-state index >= 15 is 0 Å². The molecule has 0 saturated carbocycles. The lowest BCUT2D eigenvalue weighted by Gasteiger charge is -2.31.